The van der Waals surface area contributed by atoms with Gasteiger partial charge in [0.1, 0.15) is 12.2 Å². The number of carbonyl (C=O) groups is 1. The first-order chi connectivity index (χ1) is 14.2. The van der Waals surface area contributed by atoms with Crippen LogP contribution in [0.15, 0.2) is 29.8 Å². The van der Waals surface area contributed by atoms with Crippen molar-refractivity contribution in [3.8, 4) is 0 Å². The van der Waals surface area contributed by atoms with Gasteiger partial charge in [0.2, 0.25) is 0 Å². The summed E-state index contributed by atoms with van der Waals surface area (Å²) in [5.74, 6) is -2.86. The van der Waals surface area contributed by atoms with Crippen LogP contribution in [0.25, 0.3) is 0 Å². The van der Waals surface area contributed by atoms with E-state index in [1.807, 2.05) is 6.07 Å². The van der Waals surface area contributed by atoms with Crippen molar-refractivity contribution in [1.82, 2.24) is 0 Å². The molecule has 30 heavy (non-hydrogen) atoms. The average Bonchev–Trinajstić information content (AvgIpc) is 3.30. The molecule has 0 saturated carbocycles. The number of rotatable bonds is 5. The van der Waals surface area contributed by atoms with Gasteiger partial charge in [-0.3, -0.25) is 0 Å². The van der Waals surface area contributed by atoms with E-state index in [9.17, 15) is 28.5 Å². The monoisotopic (exact) mass is 458 g/mol. The molecule has 1 fully saturated rings. The first-order valence-electron chi connectivity index (χ1n) is 9.76. The van der Waals surface area contributed by atoms with Crippen molar-refractivity contribution in [1.29, 1.82) is 0 Å². The minimum Gasteiger partial charge on any atom is -0.478 e. The second-order valence-corrected chi connectivity index (χ2v) is 10.6. The zero-order valence-corrected chi connectivity index (χ0v) is 17.6. The quantitative estimate of drug-likeness (QED) is 0.603. The highest BCUT2D eigenvalue weighted by molar-refractivity contribution is 7.92. The van der Waals surface area contributed by atoms with Crippen LogP contribution in [-0.4, -0.2) is 66.2 Å². The number of carboxylic acid groups (broad SMARTS) is 1. The van der Waals surface area contributed by atoms with Crippen molar-refractivity contribution in [3.63, 3.8) is 0 Å². The summed E-state index contributed by atoms with van der Waals surface area (Å²) >= 11 is 6.29. The zero-order chi connectivity index (χ0) is 21.7. The maximum Gasteiger partial charge on any atom is 0.332 e. The topological polar surface area (TPSA) is 130 Å². The standard InChI is InChI=1S/C20H23ClO8S/c21-13-3-1-2-11-4-5-17(18(11)13)30(26,27)16-6-7-20(8-12(16)19(24)25)28-14(9-22)15(10-23)29-20/h1-3,8,14-17,22-23H,4-7,9-10H2,(H,24,25)/t14-,15-,16?,17?/m1/s1. The van der Waals surface area contributed by atoms with E-state index in [4.69, 9.17) is 21.1 Å². The summed E-state index contributed by atoms with van der Waals surface area (Å²) in [6.45, 7) is -0.829. The summed E-state index contributed by atoms with van der Waals surface area (Å²) in [5, 5.41) is 26.9. The fourth-order valence-electron chi connectivity index (χ4n) is 4.74. The first kappa shape index (κ1) is 21.7. The Bertz CT molecular complexity index is 977. The third-order valence-corrected chi connectivity index (χ3v) is 9.01. The molecule has 0 amide bonds. The summed E-state index contributed by atoms with van der Waals surface area (Å²) in [4.78, 5) is 12.0. The van der Waals surface area contributed by atoms with Crippen LogP contribution in [0.4, 0.5) is 0 Å². The Balaban J connectivity index is 1.70. The van der Waals surface area contributed by atoms with Crippen LogP contribution in [0, 0.1) is 0 Å². The molecule has 1 saturated heterocycles. The smallest absolute Gasteiger partial charge is 0.332 e. The maximum absolute atomic E-state index is 13.5. The number of hydrogen-bond donors (Lipinski definition) is 3. The van der Waals surface area contributed by atoms with E-state index in [1.165, 1.54) is 6.08 Å². The highest BCUT2D eigenvalue weighted by Crippen LogP contribution is 2.47. The van der Waals surface area contributed by atoms with Gasteiger partial charge in [-0.1, -0.05) is 23.7 Å². The number of ether oxygens (including phenoxy) is 2. The van der Waals surface area contributed by atoms with Gasteiger partial charge in [-0.2, -0.15) is 0 Å². The lowest BCUT2D eigenvalue weighted by molar-refractivity contribution is -0.153. The number of hydrogen-bond acceptors (Lipinski definition) is 7. The van der Waals surface area contributed by atoms with Crippen LogP contribution >= 0.6 is 11.6 Å². The Morgan fingerprint density at radius 3 is 2.40 bits per heavy atom. The molecule has 1 heterocycles. The van der Waals surface area contributed by atoms with Gasteiger partial charge in [-0.25, -0.2) is 13.2 Å². The lowest BCUT2D eigenvalue weighted by Gasteiger charge is -2.34. The average molecular weight is 459 g/mol. The molecule has 1 aliphatic heterocycles. The molecular formula is C20H23ClO8S. The SMILES string of the molecule is O=C(O)C1=CC2(CCC1S(=O)(=O)C1CCc3cccc(Cl)c31)O[C@H](CO)[C@@H](CO)O2. The van der Waals surface area contributed by atoms with E-state index in [2.05, 4.69) is 0 Å². The van der Waals surface area contributed by atoms with Gasteiger partial charge in [0.05, 0.1) is 29.3 Å². The third-order valence-electron chi connectivity index (χ3n) is 6.13. The number of fused-ring (bicyclic) bond motifs is 1. The Morgan fingerprint density at radius 2 is 1.80 bits per heavy atom. The molecule has 4 rings (SSSR count). The Hall–Kier alpha value is -1.49. The number of halogens is 1. The normalized spacial score (nSPS) is 30.3. The van der Waals surface area contributed by atoms with Gasteiger partial charge in [0.15, 0.2) is 15.6 Å². The lowest BCUT2D eigenvalue weighted by atomic mass is 9.94. The molecule has 1 spiro atoms. The van der Waals surface area contributed by atoms with Crippen molar-refractivity contribution in [3.05, 3.63) is 46.0 Å². The summed E-state index contributed by atoms with van der Waals surface area (Å²) < 4.78 is 38.5. The number of carboxylic acids is 1. The number of aliphatic hydroxyl groups is 2. The molecule has 0 radical (unpaired) electrons. The number of benzene rings is 1. The fourth-order valence-corrected chi connectivity index (χ4v) is 7.55. The van der Waals surface area contributed by atoms with Crippen molar-refractivity contribution in [2.45, 2.75) is 54.2 Å². The molecule has 4 atom stereocenters. The van der Waals surface area contributed by atoms with E-state index in [0.717, 1.165) is 5.56 Å². The Morgan fingerprint density at radius 1 is 1.13 bits per heavy atom. The van der Waals surface area contributed by atoms with E-state index < -0.39 is 57.5 Å². The molecule has 0 aromatic heterocycles. The first-order valence-corrected chi connectivity index (χ1v) is 11.7. The number of aliphatic hydroxyl groups excluding tert-OH is 2. The van der Waals surface area contributed by atoms with E-state index in [1.54, 1.807) is 12.1 Å². The van der Waals surface area contributed by atoms with Crippen LogP contribution in [0.5, 0.6) is 0 Å². The molecule has 2 aliphatic carbocycles. The largest absolute Gasteiger partial charge is 0.478 e. The predicted molar refractivity (Wildman–Crippen MR) is 107 cm³/mol. The van der Waals surface area contributed by atoms with Gasteiger partial charge in [-0.15, -0.1) is 0 Å². The summed E-state index contributed by atoms with van der Waals surface area (Å²) in [6.07, 6.45) is 0.509. The summed E-state index contributed by atoms with van der Waals surface area (Å²) in [5.41, 5.74) is 1.10. The minimum absolute atomic E-state index is 0.0208. The van der Waals surface area contributed by atoms with Crippen LogP contribution in [0.3, 0.4) is 0 Å². The van der Waals surface area contributed by atoms with Gasteiger partial charge in [0.25, 0.3) is 0 Å². The molecule has 3 aliphatic rings. The van der Waals surface area contributed by atoms with Crippen LogP contribution in [-0.2, 0) is 30.5 Å². The predicted octanol–water partition coefficient (Wildman–Crippen LogP) is 1.38. The molecular weight excluding hydrogens is 436 g/mol. The second kappa shape index (κ2) is 7.89. The van der Waals surface area contributed by atoms with E-state index in [0.29, 0.717) is 23.4 Å². The number of sulfone groups is 1. The third kappa shape index (κ3) is 3.47. The van der Waals surface area contributed by atoms with E-state index >= 15 is 0 Å². The molecule has 1 aromatic carbocycles. The van der Waals surface area contributed by atoms with E-state index in [-0.39, 0.29) is 18.4 Å². The number of aryl methyl sites for hydroxylation is 1. The Kier molecular flexibility index (Phi) is 5.71. The van der Waals surface area contributed by atoms with Crippen molar-refractivity contribution in [2.75, 3.05) is 13.2 Å². The molecule has 0 bridgehead atoms. The molecule has 3 N–H and O–H groups in total. The fraction of sp³-hybridized carbons (Fsp3) is 0.550. The van der Waals surface area contributed by atoms with Crippen LogP contribution in [0.1, 0.15) is 35.6 Å². The molecule has 164 valence electrons. The van der Waals surface area contributed by atoms with Crippen molar-refractivity contribution in [2.24, 2.45) is 0 Å². The zero-order valence-electron chi connectivity index (χ0n) is 16.0. The van der Waals surface area contributed by atoms with Gasteiger partial charge in [-0.05, 0) is 42.5 Å². The van der Waals surface area contributed by atoms with Crippen molar-refractivity contribution >= 4 is 27.4 Å². The molecule has 1 aromatic rings. The molecule has 10 heteroatoms. The highest BCUT2D eigenvalue weighted by Gasteiger charge is 2.52. The molecule has 2 unspecified atom stereocenters. The second-order valence-electron chi connectivity index (χ2n) is 7.85. The summed E-state index contributed by atoms with van der Waals surface area (Å²) in [7, 11) is -3.92. The van der Waals surface area contributed by atoms with Gasteiger partial charge < -0.3 is 24.8 Å². The highest BCUT2D eigenvalue weighted by atomic mass is 35.5. The summed E-state index contributed by atoms with van der Waals surface area (Å²) in [6, 6.07) is 5.25. The maximum atomic E-state index is 13.5. The Labute approximate surface area is 179 Å². The molecule has 8 nitrogen and oxygen atoms in total. The van der Waals surface area contributed by atoms with Crippen LogP contribution < -0.4 is 0 Å². The van der Waals surface area contributed by atoms with Crippen LogP contribution in [0.2, 0.25) is 5.02 Å². The van der Waals surface area contributed by atoms with Gasteiger partial charge in [0, 0.05) is 11.4 Å². The number of aliphatic carboxylic acids is 1. The van der Waals surface area contributed by atoms with Crippen molar-refractivity contribution < 1.29 is 38.0 Å². The lowest BCUT2D eigenvalue weighted by Crippen LogP contribution is -2.41. The minimum atomic E-state index is -3.92. The van der Waals surface area contributed by atoms with Gasteiger partial charge >= 0.3 is 5.97 Å².